The van der Waals surface area contributed by atoms with Gasteiger partial charge in [0.15, 0.2) is 0 Å². The van der Waals surface area contributed by atoms with E-state index in [1.54, 1.807) is 24.3 Å². The van der Waals surface area contributed by atoms with Crippen molar-refractivity contribution in [1.82, 2.24) is 4.72 Å². The summed E-state index contributed by atoms with van der Waals surface area (Å²) >= 11 is 6.05. The molecule has 1 N–H and O–H groups in total. The minimum atomic E-state index is -3.45. The summed E-state index contributed by atoms with van der Waals surface area (Å²) in [5, 5.41) is 0.467. The van der Waals surface area contributed by atoms with E-state index in [-0.39, 0.29) is 11.8 Å². The van der Waals surface area contributed by atoms with Gasteiger partial charge in [-0.15, -0.1) is 0 Å². The van der Waals surface area contributed by atoms with Gasteiger partial charge in [0.05, 0.1) is 12.4 Å². The van der Waals surface area contributed by atoms with Crippen LogP contribution in [0.4, 0.5) is 0 Å². The van der Waals surface area contributed by atoms with Gasteiger partial charge in [0, 0.05) is 17.5 Å². The van der Waals surface area contributed by atoms with Gasteiger partial charge in [-0.3, -0.25) is 0 Å². The molecule has 3 rings (SSSR count). The molecule has 0 unspecified atom stereocenters. The zero-order valence-corrected chi connectivity index (χ0v) is 15.0. The monoisotopic (exact) mass is 365 g/mol. The zero-order valence-electron chi connectivity index (χ0n) is 13.5. The van der Waals surface area contributed by atoms with Crippen LogP contribution in [0.15, 0.2) is 42.5 Å². The van der Waals surface area contributed by atoms with Crippen molar-refractivity contribution in [2.24, 2.45) is 0 Å². The lowest BCUT2D eigenvalue weighted by atomic mass is 10.0. The molecule has 2 aromatic carbocycles. The Labute approximate surface area is 147 Å². The molecular formula is C18H20ClNO3S. The van der Waals surface area contributed by atoms with E-state index >= 15 is 0 Å². The molecule has 0 radical (unpaired) electrons. The van der Waals surface area contributed by atoms with Crippen LogP contribution in [0.25, 0.3) is 0 Å². The van der Waals surface area contributed by atoms with Gasteiger partial charge in [-0.2, -0.15) is 0 Å². The molecule has 0 aliphatic carbocycles. The standard InChI is InChI=1S/C18H20ClNO3S/c1-13(10-14-6-7-18-15(11-14)8-9-23-18)20-24(21,22)12-16-4-2-3-5-17(16)19/h2-7,11,13,20H,8-10,12H2,1H3/t13-/m0/s1. The molecule has 1 heterocycles. The third kappa shape index (κ3) is 4.29. The van der Waals surface area contributed by atoms with Crippen molar-refractivity contribution in [3.05, 3.63) is 64.2 Å². The molecular weight excluding hydrogens is 346 g/mol. The quantitative estimate of drug-likeness (QED) is 0.854. The summed E-state index contributed by atoms with van der Waals surface area (Å²) in [7, 11) is -3.45. The molecule has 0 saturated carbocycles. The molecule has 24 heavy (non-hydrogen) atoms. The lowest BCUT2D eigenvalue weighted by Gasteiger charge is -2.15. The van der Waals surface area contributed by atoms with E-state index in [4.69, 9.17) is 16.3 Å². The molecule has 0 fully saturated rings. The fourth-order valence-electron chi connectivity index (χ4n) is 2.93. The zero-order chi connectivity index (χ0) is 17.2. The molecule has 0 amide bonds. The Morgan fingerprint density at radius 3 is 2.83 bits per heavy atom. The van der Waals surface area contributed by atoms with Gasteiger partial charge in [-0.1, -0.05) is 41.9 Å². The minimum absolute atomic E-state index is 0.116. The van der Waals surface area contributed by atoms with Crippen molar-refractivity contribution in [3.8, 4) is 5.75 Å². The molecule has 0 spiro atoms. The van der Waals surface area contributed by atoms with E-state index in [1.165, 1.54) is 5.56 Å². The van der Waals surface area contributed by atoms with Crippen LogP contribution in [0.2, 0.25) is 5.02 Å². The number of hydrogen-bond donors (Lipinski definition) is 1. The first-order valence-corrected chi connectivity index (χ1v) is 9.94. The molecule has 4 nitrogen and oxygen atoms in total. The largest absolute Gasteiger partial charge is 0.493 e. The highest BCUT2D eigenvalue weighted by molar-refractivity contribution is 7.88. The number of nitrogens with one attached hydrogen (secondary N) is 1. The average Bonchev–Trinajstić information content (AvgIpc) is 2.96. The average molecular weight is 366 g/mol. The molecule has 0 bridgehead atoms. The second kappa shape index (κ2) is 7.13. The van der Waals surface area contributed by atoms with Crippen LogP contribution < -0.4 is 9.46 Å². The Hall–Kier alpha value is -1.56. The smallest absolute Gasteiger partial charge is 0.216 e. The van der Waals surface area contributed by atoms with Crippen LogP contribution >= 0.6 is 11.6 Å². The second-order valence-corrected chi connectivity index (χ2v) is 8.28. The number of fused-ring (bicyclic) bond motifs is 1. The maximum atomic E-state index is 12.4. The summed E-state index contributed by atoms with van der Waals surface area (Å²) in [5.41, 5.74) is 2.90. The van der Waals surface area contributed by atoms with Crippen LogP contribution in [-0.4, -0.2) is 21.1 Å². The summed E-state index contributed by atoms with van der Waals surface area (Å²) in [6.45, 7) is 2.59. The third-order valence-electron chi connectivity index (χ3n) is 3.98. The Morgan fingerprint density at radius 1 is 1.25 bits per heavy atom. The van der Waals surface area contributed by atoms with E-state index < -0.39 is 10.0 Å². The van der Waals surface area contributed by atoms with Gasteiger partial charge in [-0.05, 0) is 42.2 Å². The highest BCUT2D eigenvalue weighted by Crippen LogP contribution is 2.26. The van der Waals surface area contributed by atoms with Crippen molar-refractivity contribution in [3.63, 3.8) is 0 Å². The highest BCUT2D eigenvalue weighted by Gasteiger charge is 2.18. The maximum Gasteiger partial charge on any atom is 0.216 e. The highest BCUT2D eigenvalue weighted by atomic mass is 35.5. The first-order chi connectivity index (χ1) is 11.4. The van der Waals surface area contributed by atoms with E-state index in [0.29, 0.717) is 17.0 Å². The number of rotatable bonds is 6. The number of halogens is 1. The lowest BCUT2D eigenvalue weighted by Crippen LogP contribution is -2.35. The van der Waals surface area contributed by atoms with Gasteiger partial charge in [0.25, 0.3) is 0 Å². The Kier molecular flexibility index (Phi) is 5.13. The number of ether oxygens (including phenoxy) is 1. The van der Waals surface area contributed by atoms with E-state index in [1.807, 2.05) is 19.1 Å². The van der Waals surface area contributed by atoms with Crippen molar-refractivity contribution in [1.29, 1.82) is 0 Å². The first-order valence-electron chi connectivity index (χ1n) is 7.91. The Bertz CT molecular complexity index is 836. The molecule has 128 valence electrons. The summed E-state index contributed by atoms with van der Waals surface area (Å²) in [6.07, 6.45) is 1.55. The van der Waals surface area contributed by atoms with E-state index in [9.17, 15) is 8.42 Å². The molecule has 1 aliphatic rings. The van der Waals surface area contributed by atoms with Crippen LogP contribution in [-0.2, 0) is 28.6 Å². The molecule has 0 aromatic heterocycles. The van der Waals surface area contributed by atoms with Gasteiger partial charge in [0.2, 0.25) is 10.0 Å². The third-order valence-corrected chi connectivity index (χ3v) is 5.80. The maximum absolute atomic E-state index is 12.4. The van der Waals surface area contributed by atoms with Crippen LogP contribution in [0.3, 0.4) is 0 Å². The number of benzene rings is 2. The summed E-state index contributed by atoms with van der Waals surface area (Å²) in [5.74, 6) is 0.820. The molecule has 1 aliphatic heterocycles. The number of sulfonamides is 1. The normalized spacial score (nSPS) is 14.9. The summed E-state index contributed by atoms with van der Waals surface area (Å²) < 4.78 is 32.9. The molecule has 0 saturated heterocycles. The Morgan fingerprint density at radius 2 is 2.04 bits per heavy atom. The molecule has 2 aromatic rings. The van der Waals surface area contributed by atoms with E-state index in [2.05, 4.69) is 10.8 Å². The fourth-order valence-corrected chi connectivity index (χ4v) is 4.65. The summed E-state index contributed by atoms with van der Waals surface area (Å²) in [4.78, 5) is 0. The van der Waals surface area contributed by atoms with Gasteiger partial charge in [0.1, 0.15) is 5.75 Å². The van der Waals surface area contributed by atoms with Crippen molar-refractivity contribution >= 4 is 21.6 Å². The second-order valence-electron chi connectivity index (χ2n) is 6.11. The molecule has 1 atom stereocenters. The van der Waals surface area contributed by atoms with Crippen molar-refractivity contribution in [2.75, 3.05) is 6.61 Å². The topological polar surface area (TPSA) is 55.4 Å². The minimum Gasteiger partial charge on any atom is -0.493 e. The van der Waals surface area contributed by atoms with Gasteiger partial charge >= 0.3 is 0 Å². The predicted octanol–water partition coefficient (Wildman–Crippen LogP) is 3.33. The number of hydrogen-bond acceptors (Lipinski definition) is 3. The Balaban J connectivity index is 1.63. The molecule has 6 heteroatoms. The fraction of sp³-hybridized carbons (Fsp3) is 0.333. The van der Waals surface area contributed by atoms with Gasteiger partial charge in [-0.25, -0.2) is 13.1 Å². The van der Waals surface area contributed by atoms with E-state index in [0.717, 1.165) is 24.3 Å². The summed E-state index contributed by atoms with van der Waals surface area (Å²) in [6, 6.07) is 12.8. The van der Waals surface area contributed by atoms with Gasteiger partial charge < -0.3 is 4.74 Å². The lowest BCUT2D eigenvalue weighted by molar-refractivity contribution is 0.357. The van der Waals surface area contributed by atoms with Crippen LogP contribution in [0.1, 0.15) is 23.6 Å². The van der Waals surface area contributed by atoms with Crippen LogP contribution in [0, 0.1) is 0 Å². The first kappa shape index (κ1) is 17.3. The SMILES string of the molecule is C[C@@H](Cc1ccc2c(c1)CCO2)NS(=O)(=O)Cc1ccccc1Cl. The van der Waals surface area contributed by atoms with Crippen LogP contribution in [0.5, 0.6) is 5.75 Å². The van der Waals surface area contributed by atoms with Crippen molar-refractivity contribution in [2.45, 2.75) is 31.6 Å². The van der Waals surface area contributed by atoms with Crippen molar-refractivity contribution < 1.29 is 13.2 Å². The predicted molar refractivity (Wildman–Crippen MR) is 96.0 cm³/mol.